The molecule has 4 nitrogen and oxygen atoms in total. The first kappa shape index (κ1) is 15.8. The van der Waals surface area contributed by atoms with Crippen molar-refractivity contribution >= 4 is 17.3 Å². The zero-order valence-corrected chi connectivity index (χ0v) is 13.4. The van der Waals surface area contributed by atoms with Crippen LogP contribution < -0.4 is 11.1 Å². The highest BCUT2D eigenvalue weighted by Gasteiger charge is 2.31. The lowest BCUT2D eigenvalue weighted by molar-refractivity contribution is -0.116. The summed E-state index contributed by atoms with van der Waals surface area (Å²) in [5.74, 6) is 0.0832. The van der Waals surface area contributed by atoms with Crippen LogP contribution in [0.25, 0.3) is 0 Å². The zero-order chi connectivity index (χ0) is 15.5. The van der Waals surface area contributed by atoms with Gasteiger partial charge in [0.2, 0.25) is 5.91 Å². The van der Waals surface area contributed by atoms with E-state index in [2.05, 4.69) is 24.1 Å². The number of nitrogens with zero attached hydrogens (tertiary/aromatic N) is 1. The molecular formula is C17H27N3O. The Kier molecular flexibility index (Phi) is 4.88. The van der Waals surface area contributed by atoms with Crippen LogP contribution in [0.15, 0.2) is 18.2 Å². The molecule has 0 bridgehead atoms. The molecule has 0 aromatic heterocycles. The maximum Gasteiger partial charge on any atom is 0.224 e. The first-order valence-electron chi connectivity index (χ1n) is 7.79. The van der Waals surface area contributed by atoms with Crippen molar-refractivity contribution in [2.75, 3.05) is 24.1 Å². The smallest absolute Gasteiger partial charge is 0.224 e. The normalized spacial score (nSPS) is 17.9. The molecule has 116 valence electrons. The highest BCUT2D eigenvalue weighted by molar-refractivity contribution is 5.91. The van der Waals surface area contributed by atoms with Crippen LogP contribution in [-0.4, -0.2) is 29.4 Å². The number of benzene rings is 1. The van der Waals surface area contributed by atoms with Crippen molar-refractivity contribution in [3.8, 4) is 0 Å². The molecule has 21 heavy (non-hydrogen) atoms. The predicted molar refractivity (Wildman–Crippen MR) is 88.3 cm³/mol. The average molecular weight is 289 g/mol. The van der Waals surface area contributed by atoms with E-state index in [0.29, 0.717) is 12.0 Å². The number of nitrogens with one attached hydrogen (secondary N) is 1. The average Bonchev–Trinajstić information content (AvgIpc) is 2.72. The molecule has 1 saturated heterocycles. The SMILES string of the molecule is Cc1cc(N)ccc1NC(=O)CCCN1CCCC1(C)C. The van der Waals surface area contributed by atoms with Crippen LogP contribution in [-0.2, 0) is 4.79 Å². The predicted octanol–water partition coefficient (Wildman–Crippen LogP) is 3.17. The first-order chi connectivity index (χ1) is 9.88. The lowest BCUT2D eigenvalue weighted by atomic mass is 10.0. The van der Waals surface area contributed by atoms with Crippen molar-refractivity contribution in [1.82, 2.24) is 4.90 Å². The van der Waals surface area contributed by atoms with E-state index in [-0.39, 0.29) is 5.91 Å². The van der Waals surface area contributed by atoms with Crippen molar-refractivity contribution in [2.24, 2.45) is 0 Å². The molecule has 1 aromatic carbocycles. The van der Waals surface area contributed by atoms with E-state index in [1.165, 1.54) is 12.8 Å². The van der Waals surface area contributed by atoms with Crippen molar-refractivity contribution in [1.29, 1.82) is 0 Å². The maximum absolute atomic E-state index is 12.0. The topological polar surface area (TPSA) is 58.4 Å². The van der Waals surface area contributed by atoms with Gasteiger partial charge in [0, 0.05) is 23.3 Å². The van der Waals surface area contributed by atoms with Gasteiger partial charge in [-0.1, -0.05) is 0 Å². The number of carbonyl (C=O) groups is 1. The minimum Gasteiger partial charge on any atom is -0.399 e. The summed E-state index contributed by atoms with van der Waals surface area (Å²) >= 11 is 0. The van der Waals surface area contributed by atoms with Crippen LogP contribution in [0.3, 0.4) is 0 Å². The molecule has 3 N–H and O–H groups in total. The van der Waals surface area contributed by atoms with E-state index in [1.54, 1.807) is 0 Å². The van der Waals surface area contributed by atoms with Gasteiger partial charge in [-0.3, -0.25) is 9.69 Å². The van der Waals surface area contributed by atoms with Gasteiger partial charge in [-0.2, -0.15) is 0 Å². The Morgan fingerprint density at radius 3 is 2.81 bits per heavy atom. The number of amides is 1. The number of anilines is 2. The van der Waals surface area contributed by atoms with E-state index in [9.17, 15) is 4.79 Å². The van der Waals surface area contributed by atoms with Gasteiger partial charge in [-0.05, 0) is 76.9 Å². The second-order valence-electron chi connectivity index (χ2n) is 6.63. The third-order valence-corrected chi connectivity index (χ3v) is 4.43. The maximum atomic E-state index is 12.0. The molecule has 0 spiro atoms. The third kappa shape index (κ3) is 4.21. The summed E-state index contributed by atoms with van der Waals surface area (Å²) in [4.78, 5) is 14.5. The minimum absolute atomic E-state index is 0.0832. The van der Waals surface area contributed by atoms with Crippen LogP contribution >= 0.6 is 0 Å². The monoisotopic (exact) mass is 289 g/mol. The molecule has 0 aliphatic carbocycles. The number of hydrogen-bond acceptors (Lipinski definition) is 3. The van der Waals surface area contributed by atoms with Gasteiger partial charge in [0.1, 0.15) is 0 Å². The lowest BCUT2D eigenvalue weighted by Crippen LogP contribution is -2.38. The Morgan fingerprint density at radius 1 is 1.43 bits per heavy atom. The molecule has 0 unspecified atom stereocenters. The molecule has 1 aromatic rings. The molecule has 1 aliphatic rings. The zero-order valence-electron chi connectivity index (χ0n) is 13.4. The summed E-state index contributed by atoms with van der Waals surface area (Å²) in [5.41, 5.74) is 8.60. The first-order valence-corrected chi connectivity index (χ1v) is 7.79. The summed E-state index contributed by atoms with van der Waals surface area (Å²) in [7, 11) is 0. The molecule has 1 amide bonds. The van der Waals surface area contributed by atoms with Crippen LogP contribution in [0.4, 0.5) is 11.4 Å². The molecule has 0 saturated carbocycles. The van der Waals surface area contributed by atoms with E-state index < -0.39 is 0 Å². The van der Waals surface area contributed by atoms with Crippen LogP contribution in [0.5, 0.6) is 0 Å². The van der Waals surface area contributed by atoms with Crippen molar-refractivity contribution in [3.05, 3.63) is 23.8 Å². The Labute approximate surface area is 127 Å². The van der Waals surface area contributed by atoms with Crippen LogP contribution in [0.2, 0.25) is 0 Å². The summed E-state index contributed by atoms with van der Waals surface area (Å²) in [6.07, 6.45) is 3.99. The summed E-state index contributed by atoms with van der Waals surface area (Å²) in [6, 6.07) is 5.56. The second-order valence-corrected chi connectivity index (χ2v) is 6.63. The molecule has 1 fully saturated rings. The lowest BCUT2D eigenvalue weighted by Gasteiger charge is -2.31. The minimum atomic E-state index is 0.0832. The number of nitrogens with two attached hydrogens (primary N) is 1. The van der Waals surface area contributed by atoms with Crippen molar-refractivity contribution in [3.63, 3.8) is 0 Å². The van der Waals surface area contributed by atoms with Crippen molar-refractivity contribution < 1.29 is 4.79 Å². The summed E-state index contributed by atoms with van der Waals surface area (Å²) in [5, 5.41) is 2.97. The van der Waals surface area contributed by atoms with Gasteiger partial charge in [0.05, 0.1) is 0 Å². The second kappa shape index (κ2) is 6.48. The van der Waals surface area contributed by atoms with E-state index in [1.807, 2.05) is 25.1 Å². The number of carbonyl (C=O) groups excluding carboxylic acids is 1. The third-order valence-electron chi connectivity index (χ3n) is 4.43. The van der Waals surface area contributed by atoms with Crippen LogP contribution in [0, 0.1) is 6.92 Å². The highest BCUT2D eigenvalue weighted by atomic mass is 16.1. The highest BCUT2D eigenvalue weighted by Crippen LogP contribution is 2.28. The molecular weight excluding hydrogens is 262 g/mol. The molecule has 2 rings (SSSR count). The van der Waals surface area contributed by atoms with E-state index in [0.717, 1.165) is 36.4 Å². The fourth-order valence-corrected chi connectivity index (χ4v) is 3.05. The van der Waals surface area contributed by atoms with E-state index >= 15 is 0 Å². The molecule has 1 heterocycles. The Morgan fingerprint density at radius 2 is 2.19 bits per heavy atom. The summed E-state index contributed by atoms with van der Waals surface area (Å²) in [6.45, 7) is 8.70. The number of likely N-dealkylation sites (tertiary alicyclic amines) is 1. The molecule has 0 radical (unpaired) electrons. The van der Waals surface area contributed by atoms with Gasteiger partial charge in [0.15, 0.2) is 0 Å². The van der Waals surface area contributed by atoms with Gasteiger partial charge in [-0.15, -0.1) is 0 Å². The van der Waals surface area contributed by atoms with Gasteiger partial charge in [-0.25, -0.2) is 0 Å². The quantitative estimate of drug-likeness (QED) is 0.819. The largest absolute Gasteiger partial charge is 0.399 e. The number of rotatable bonds is 5. The van der Waals surface area contributed by atoms with Crippen molar-refractivity contribution in [2.45, 2.75) is 52.0 Å². The van der Waals surface area contributed by atoms with E-state index in [4.69, 9.17) is 5.73 Å². The fourth-order valence-electron chi connectivity index (χ4n) is 3.05. The molecule has 0 atom stereocenters. The van der Waals surface area contributed by atoms with Gasteiger partial charge >= 0.3 is 0 Å². The standard InChI is InChI=1S/C17H27N3O/c1-13-12-14(18)7-8-15(13)19-16(21)6-4-10-20-11-5-9-17(20,2)3/h7-8,12H,4-6,9-11,18H2,1-3H3,(H,19,21). The van der Waals surface area contributed by atoms with Gasteiger partial charge < -0.3 is 11.1 Å². The number of aryl methyl sites for hydroxylation is 1. The van der Waals surface area contributed by atoms with Crippen LogP contribution in [0.1, 0.15) is 45.1 Å². The molecule has 1 aliphatic heterocycles. The Hall–Kier alpha value is -1.55. The van der Waals surface area contributed by atoms with Gasteiger partial charge in [0.25, 0.3) is 0 Å². The molecule has 4 heteroatoms. The summed E-state index contributed by atoms with van der Waals surface area (Å²) < 4.78 is 0. The fraction of sp³-hybridized carbons (Fsp3) is 0.588. The number of hydrogen-bond donors (Lipinski definition) is 2. The Bertz CT molecular complexity index is 511. The Balaban J connectivity index is 1.77. The number of nitrogen functional groups attached to an aromatic ring is 1.